The third-order valence-corrected chi connectivity index (χ3v) is 4.73. The first kappa shape index (κ1) is 14.2. The Morgan fingerprint density at radius 3 is 2.90 bits per heavy atom. The van der Waals surface area contributed by atoms with Gasteiger partial charge in [-0.25, -0.2) is 18.1 Å². The Kier molecular flexibility index (Phi) is 3.75. The summed E-state index contributed by atoms with van der Waals surface area (Å²) in [4.78, 5) is 4.51. The summed E-state index contributed by atoms with van der Waals surface area (Å²) in [6.07, 6.45) is 4.01. The lowest BCUT2D eigenvalue weighted by Crippen LogP contribution is -2.40. The lowest BCUT2D eigenvalue weighted by atomic mass is 10.3. The fourth-order valence-electron chi connectivity index (χ4n) is 2.03. The van der Waals surface area contributed by atoms with Crippen molar-refractivity contribution in [3.63, 3.8) is 0 Å². The zero-order chi connectivity index (χ0) is 14.9. The van der Waals surface area contributed by atoms with Gasteiger partial charge in [-0.15, -0.1) is 0 Å². The number of anilines is 1. The molecule has 7 heteroatoms. The Morgan fingerprint density at radius 1 is 1.38 bits per heavy atom. The second-order valence-electron chi connectivity index (χ2n) is 5.30. The summed E-state index contributed by atoms with van der Waals surface area (Å²) >= 11 is 0. The highest BCUT2D eigenvalue weighted by Gasteiger charge is 2.29. The van der Waals surface area contributed by atoms with Crippen molar-refractivity contribution < 1.29 is 13.2 Å². The molecule has 1 saturated carbocycles. The third kappa shape index (κ3) is 3.29. The van der Waals surface area contributed by atoms with Crippen molar-refractivity contribution in [2.45, 2.75) is 43.5 Å². The van der Waals surface area contributed by atoms with Gasteiger partial charge >= 0.3 is 0 Å². The quantitative estimate of drug-likeness (QED) is 0.816. The van der Waals surface area contributed by atoms with Gasteiger partial charge in [-0.2, -0.15) is 0 Å². The number of guanidine groups is 1. The summed E-state index contributed by atoms with van der Waals surface area (Å²) in [7, 11) is -3.59. The van der Waals surface area contributed by atoms with Crippen LogP contribution in [-0.4, -0.2) is 27.0 Å². The number of benzene rings is 1. The van der Waals surface area contributed by atoms with Gasteiger partial charge in [0.15, 0.2) is 0 Å². The van der Waals surface area contributed by atoms with E-state index in [0.29, 0.717) is 24.0 Å². The average Bonchev–Trinajstić information content (AvgIpc) is 3.23. The second-order valence-corrected chi connectivity index (χ2v) is 6.95. The van der Waals surface area contributed by atoms with Crippen LogP contribution in [0.5, 0.6) is 5.75 Å². The molecule has 3 rings (SSSR count). The smallest absolute Gasteiger partial charge is 0.266 e. The van der Waals surface area contributed by atoms with E-state index < -0.39 is 10.0 Å². The van der Waals surface area contributed by atoms with Crippen LogP contribution in [-0.2, 0) is 10.0 Å². The van der Waals surface area contributed by atoms with Crippen molar-refractivity contribution >= 4 is 21.7 Å². The molecule has 0 radical (unpaired) electrons. The molecule has 0 aromatic heterocycles. The van der Waals surface area contributed by atoms with E-state index in [-0.39, 0.29) is 10.9 Å². The number of hydrogen-bond acceptors (Lipinski definition) is 4. The number of rotatable bonds is 5. The van der Waals surface area contributed by atoms with Gasteiger partial charge in [-0.1, -0.05) is 13.3 Å². The Labute approximate surface area is 124 Å². The highest BCUT2D eigenvalue weighted by molar-refractivity contribution is 7.90. The topological polar surface area (TPSA) is 79.8 Å². The predicted molar refractivity (Wildman–Crippen MR) is 81.2 cm³/mol. The van der Waals surface area contributed by atoms with Crippen LogP contribution < -0.4 is 14.8 Å². The minimum absolute atomic E-state index is 0.200. The first-order chi connectivity index (χ1) is 10.1. The van der Waals surface area contributed by atoms with Gasteiger partial charge in [0.1, 0.15) is 10.6 Å². The van der Waals surface area contributed by atoms with Crippen LogP contribution in [0.15, 0.2) is 28.1 Å². The van der Waals surface area contributed by atoms with Gasteiger partial charge in [-0.05, 0) is 31.4 Å². The molecule has 1 heterocycles. The number of unbranched alkanes of at least 4 members (excludes halogenated alkanes) is 1. The van der Waals surface area contributed by atoms with Crippen LogP contribution >= 0.6 is 0 Å². The van der Waals surface area contributed by atoms with E-state index in [1.165, 1.54) is 0 Å². The van der Waals surface area contributed by atoms with Crippen molar-refractivity contribution in [3.8, 4) is 5.75 Å². The molecule has 1 fully saturated rings. The maximum atomic E-state index is 12.3. The summed E-state index contributed by atoms with van der Waals surface area (Å²) < 4.78 is 32.6. The number of nitrogens with one attached hydrogen (secondary N) is 2. The van der Waals surface area contributed by atoms with E-state index in [1.807, 2.05) is 0 Å². The molecule has 2 aliphatic rings. The molecular weight excluding hydrogens is 290 g/mol. The molecule has 0 bridgehead atoms. The van der Waals surface area contributed by atoms with Crippen molar-refractivity contribution in [1.82, 2.24) is 4.72 Å². The zero-order valence-corrected chi connectivity index (χ0v) is 12.7. The Balaban J connectivity index is 1.84. The Hall–Kier alpha value is -1.76. The van der Waals surface area contributed by atoms with Gasteiger partial charge < -0.3 is 10.1 Å². The van der Waals surface area contributed by atoms with E-state index >= 15 is 0 Å². The predicted octanol–water partition coefficient (Wildman–Crippen LogP) is 2.09. The van der Waals surface area contributed by atoms with Gasteiger partial charge in [0.2, 0.25) is 5.96 Å². The van der Waals surface area contributed by atoms with Crippen molar-refractivity contribution in [2.75, 3.05) is 11.9 Å². The molecule has 1 aliphatic heterocycles. The first-order valence-electron chi connectivity index (χ1n) is 7.23. The maximum absolute atomic E-state index is 12.3. The van der Waals surface area contributed by atoms with Crippen LogP contribution in [0.1, 0.15) is 32.6 Å². The fraction of sp³-hybridized carbons (Fsp3) is 0.500. The van der Waals surface area contributed by atoms with Crippen molar-refractivity contribution in [3.05, 3.63) is 18.2 Å². The maximum Gasteiger partial charge on any atom is 0.266 e. The van der Waals surface area contributed by atoms with Gasteiger partial charge in [0.25, 0.3) is 10.0 Å². The lowest BCUT2D eigenvalue weighted by molar-refractivity contribution is 0.308. The van der Waals surface area contributed by atoms with Crippen LogP contribution in [0.25, 0.3) is 0 Å². The van der Waals surface area contributed by atoms with Crippen LogP contribution in [0.4, 0.5) is 5.69 Å². The van der Waals surface area contributed by atoms with Crippen LogP contribution in [0, 0.1) is 0 Å². The van der Waals surface area contributed by atoms with Gasteiger partial charge in [0.05, 0.1) is 18.3 Å². The normalized spacial score (nSPS) is 21.3. The molecule has 0 atom stereocenters. The van der Waals surface area contributed by atoms with Crippen LogP contribution in [0.2, 0.25) is 0 Å². The molecule has 0 saturated heterocycles. The van der Waals surface area contributed by atoms with E-state index in [2.05, 4.69) is 22.0 Å². The molecule has 1 aliphatic carbocycles. The molecular formula is C14H19N3O3S. The molecule has 1 aromatic rings. The summed E-state index contributed by atoms with van der Waals surface area (Å²) in [5.41, 5.74) is 0.538. The molecule has 0 amide bonds. The second kappa shape index (κ2) is 5.55. The number of ether oxygens (including phenoxy) is 1. The van der Waals surface area contributed by atoms with Crippen molar-refractivity contribution in [1.29, 1.82) is 0 Å². The highest BCUT2D eigenvalue weighted by atomic mass is 32.2. The van der Waals surface area contributed by atoms with E-state index in [9.17, 15) is 8.42 Å². The largest absolute Gasteiger partial charge is 0.494 e. The number of nitrogens with zero attached hydrogens (tertiary/aromatic N) is 1. The van der Waals surface area contributed by atoms with E-state index in [0.717, 1.165) is 25.7 Å². The standard InChI is InChI=1S/C14H19N3O3S/c1-2-3-8-20-11-6-7-12-13(9-11)21(18,19)17-14(16-12)15-10-4-5-10/h6-7,9-10H,2-5,8H2,1H3,(H2,15,16,17). The Bertz CT molecular complexity index is 666. The molecule has 6 nitrogen and oxygen atoms in total. The Morgan fingerprint density at radius 2 is 2.19 bits per heavy atom. The number of aliphatic imine (C=N–C) groups is 1. The molecule has 0 unspecified atom stereocenters. The number of hydrogen-bond donors (Lipinski definition) is 2. The minimum atomic E-state index is -3.59. The number of sulfonamides is 1. The molecule has 0 spiro atoms. The summed E-state index contributed by atoms with van der Waals surface area (Å²) in [5.74, 6) is 0.876. The van der Waals surface area contributed by atoms with Gasteiger partial charge in [0, 0.05) is 6.07 Å². The summed E-state index contributed by atoms with van der Waals surface area (Å²) in [6.45, 7) is 2.67. The first-order valence-corrected chi connectivity index (χ1v) is 8.71. The SMILES string of the molecule is CCCCOc1ccc2c(c1)S(=O)(=O)NC(=NC1CC1)N2. The third-order valence-electron chi connectivity index (χ3n) is 3.35. The lowest BCUT2D eigenvalue weighted by Gasteiger charge is -2.22. The van der Waals surface area contributed by atoms with E-state index in [1.54, 1.807) is 18.2 Å². The molecule has 21 heavy (non-hydrogen) atoms. The minimum Gasteiger partial charge on any atom is -0.494 e. The molecule has 114 valence electrons. The van der Waals surface area contributed by atoms with Crippen LogP contribution in [0.3, 0.4) is 0 Å². The van der Waals surface area contributed by atoms with Gasteiger partial charge in [-0.3, -0.25) is 0 Å². The number of fused-ring (bicyclic) bond motifs is 1. The summed E-state index contributed by atoms with van der Waals surface area (Å²) in [6, 6.07) is 5.29. The fourth-order valence-corrected chi connectivity index (χ4v) is 3.18. The zero-order valence-electron chi connectivity index (χ0n) is 11.9. The molecule has 2 N–H and O–H groups in total. The highest BCUT2D eigenvalue weighted by Crippen LogP contribution is 2.30. The molecule has 1 aromatic carbocycles. The van der Waals surface area contributed by atoms with E-state index in [4.69, 9.17) is 4.74 Å². The summed E-state index contributed by atoms with van der Waals surface area (Å²) in [5, 5.41) is 3.02. The average molecular weight is 309 g/mol. The monoisotopic (exact) mass is 309 g/mol. The van der Waals surface area contributed by atoms with Crippen molar-refractivity contribution in [2.24, 2.45) is 4.99 Å².